The van der Waals surface area contributed by atoms with Gasteiger partial charge in [-0.2, -0.15) is 0 Å². The largest absolute Gasteiger partial charge is 0.396 e. The Kier molecular flexibility index (Phi) is 4.80. The van der Waals surface area contributed by atoms with Crippen molar-refractivity contribution in [3.05, 3.63) is 0 Å². The maximum Gasteiger partial charge on any atom is 0.225 e. The van der Waals surface area contributed by atoms with Crippen molar-refractivity contribution in [2.75, 3.05) is 26.2 Å². The van der Waals surface area contributed by atoms with Crippen LogP contribution in [0.5, 0.6) is 0 Å². The first-order valence-corrected chi connectivity index (χ1v) is 7.32. The van der Waals surface area contributed by atoms with E-state index < -0.39 is 0 Å². The summed E-state index contributed by atoms with van der Waals surface area (Å²) >= 11 is 0. The number of hydrogen-bond acceptors (Lipinski definition) is 3. The average Bonchev–Trinajstić information content (AvgIpc) is 3.01. The van der Waals surface area contributed by atoms with E-state index in [9.17, 15) is 14.7 Å². The van der Waals surface area contributed by atoms with Gasteiger partial charge < -0.3 is 15.3 Å². The number of likely N-dealkylation sites (tertiary alicyclic amines) is 1. The molecule has 5 heteroatoms. The van der Waals surface area contributed by atoms with Crippen LogP contribution in [0.25, 0.3) is 0 Å². The highest BCUT2D eigenvalue weighted by Crippen LogP contribution is 2.30. The summed E-state index contributed by atoms with van der Waals surface area (Å²) in [6.45, 7) is 4.02. The molecule has 2 amide bonds. The SMILES string of the molecule is CCN1CC(C(=O)NCC2CCCC2CO)CC1=O. The van der Waals surface area contributed by atoms with Gasteiger partial charge in [0.1, 0.15) is 0 Å². The molecule has 0 spiro atoms. The van der Waals surface area contributed by atoms with Crippen molar-refractivity contribution < 1.29 is 14.7 Å². The van der Waals surface area contributed by atoms with Crippen LogP contribution in [0, 0.1) is 17.8 Å². The van der Waals surface area contributed by atoms with Gasteiger partial charge >= 0.3 is 0 Å². The van der Waals surface area contributed by atoms with Crippen molar-refractivity contribution in [3.8, 4) is 0 Å². The van der Waals surface area contributed by atoms with E-state index in [4.69, 9.17) is 0 Å². The Morgan fingerprint density at radius 2 is 2.16 bits per heavy atom. The van der Waals surface area contributed by atoms with Crippen LogP contribution in [0.1, 0.15) is 32.6 Å². The summed E-state index contributed by atoms with van der Waals surface area (Å²) < 4.78 is 0. The fourth-order valence-corrected chi connectivity index (χ4v) is 3.25. The summed E-state index contributed by atoms with van der Waals surface area (Å²) in [7, 11) is 0. The lowest BCUT2D eigenvalue weighted by molar-refractivity contribution is -0.128. The molecule has 0 bridgehead atoms. The minimum Gasteiger partial charge on any atom is -0.396 e. The minimum atomic E-state index is -0.193. The van der Waals surface area contributed by atoms with Crippen molar-refractivity contribution in [2.45, 2.75) is 32.6 Å². The summed E-state index contributed by atoms with van der Waals surface area (Å²) in [4.78, 5) is 25.4. The monoisotopic (exact) mass is 268 g/mol. The molecule has 1 aliphatic heterocycles. The summed E-state index contributed by atoms with van der Waals surface area (Å²) in [6, 6.07) is 0. The molecule has 5 nitrogen and oxygen atoms in total. The molecule has 0 radical (unpaired) electrons. The van der Waals surface area contributed by atoms with E-state index >= 15 is 0 Å². The van der Waals surface area contributed by atoms with Gasteiger partial charge in [-0.15, -0.1) is 0 Å². The van der Waals surface area contributed by atoms with Crippen LogP contribution in [0.3, 0.4) is 0 Å². The first kappa shape index (κ1) is 14.3. The Labute approximate surface area is 114 Å². The van der Waals surface area contributed by atoms with Crippen LogP contribution >= 0.6 is 0 Å². The lowest BCUT2D eigenvalue weighted by atomic mass is 9.96. The van der Waals surface area contributed by atoms with E-state index in [1.54, 1.807) is 4.90 Å². The van der Waals surface area contributed by atoms with Crippen molar-refractivity contribution >= 4 is 11.8 Å². The van der Waals surface area contributed by atoms with Gasteiger partial charge in [-0.25, -0.2) is 0 Å². The van der Waals surface area contributed by atoms with Gasteiger partial charge in [0, 0.05) is 32.7 Å². The number of carbonyl (C=O) groups is 2. The van der Waals surface area contributed by atoms with Crippen LogP contribution in [0.15, 0.2) is 0 Å². The predicted molar refractivity (Wildman–Crippen MR) is 71.3 cm³/mol. The molecule has 1 saturated carbocycles. The highest BCUT2D eigenvalue weighted by atomic mass is 16.3. The number of aliphatic hydroxyl groups is 1. The zero-order valence-corrected chi connectivity index (χ0v) is 11.6. The zero-order valence-electron chi connectivity index (χ0n) is 11.6. The molecule has 0 aromatic carbocycles. The zero-order chi connectivity index (χ0) is 13.8. The second-order valence-electron chi connectivity index (χ2n) is 5.71. The Bertz CT molecular complexity index is 346. The smallest absolute Gasteiger partial charge is 0.225 e. The lowest BCUT2D eigenvalue weighted by Crippen LogP contribution is -2.37. The predicted octanol–water partition coefficient (Wildman–Crippen LogP) is 0.380. The van der Waals surface area contributed by atoms with E-state index in [1.807, 2.05) is 6.92 Å². The highest BCUT2D eigenvalue weighted by Gasteiger charge is 2.34. The topological polar surface area (TPSA) is 69.6 Å². The second-order valence-corrected chi connectivity index (χ2v) is 5.71. The van der Waals surface area contributed by atoms with Crippen LogP contribution in [-0.4, -0.2) is 48.1 Å². The van der Waals surface area contributed by atoms with Crippen LogP contribution < -0.4 is 5.32 Å². The molecule has 108 valence electrons. The van der Waals surface area contributed by atoms with Crippen LogP contribution in [-0.2, 0) is 9.59 Å². The average molecular weight is 268 g/mol. The number of nitrogens with zero attached hydrogens (tertiary/aromatic N) is 1. The maximum absolute atomic E-state index is 12.1. The summed E-state index contributed by atoms with van der Waals surface area (Å²) in [5.74, 6) is 0.608. The van der Waals surface area contributed by atoms with Gasteiger partial charge in [0.05, 0.1) is 5.92 Å². The number of amides is 2. The molecule has 2 aliphatic rings. The lowest BCUT2D eigenvalue weighted by Gasteiger charge is -2.19. The van der Waals surface area contributed by atoms with Gasteiger partial charge in [0.15, 0.2) is 0 Å². The van der Waals surface area contributed by atoms with Gasteiger partial charge in [-0.3, -0.25) is 9.59 Å². The Balaban J connectivity index is 1.77. The minimum absolute atomic E-state index is 0.00658. The fourth-order valence-electron chi connectivity index (χ4n) is 3.25. The molecule has 0 aromatic heterocycles. The summed E-state index contributed by atoms with van der Waals surface area (Å²) in [6.07, 6.45) is 3.61. The molecule has 3 atom stereocenters. The number of hydrogen-bond donors (Lipinski definition) is 2. The second kappa shape index (κ2) is 6.37. The van der Waals surface area contributed by atoms with Crippen LogP contribution in [0.4, 0.5) is 0 Å². The van der Waals surface area contributed by atoms with Crippen molar-refractivity contribution in [1.29, 1.82) is 0 Å². The normalized spacial score (nSPS) is 30.9. The standard InChI is InChI=1S/C14H24N2O3/c1-2-16-8-12(6-13(16)18)14(19)15-7-10-4-3-5-11(10)9-17/h10-12,17H,2-9H2,1H3,(H,15,19). The molecule has 3 unspecified atom stereocenters. The quantitative estimate of drug-likeness (QED) is 0.757. The Hall–Kier alpha value is -1.10. The fraction of sp³-hybridized carbons (Fsp3) is 0.857. The first-order chi connectivity index (χ1) is 9.15. The molecule has 2 rings (SSSR count). The number of carbonyl (C=O) groups excluding carboxylic acids is 2. The number of aliphatic hydroxyl groups excluding tert-OH is 1. The molecular formula is C14H24N2O3. The summed E-state index contributed by atoms with van der Waals surface area (Å²) in [5, 5.41) is 12.2. The molecule has 19 heavy (non-hydrogen) atoms. The molecule has 0 aromatic rings. The third-order valence-corrected chi connectivity index (χ3v) is 4.56. The molecule has 1 heterocycles. The van der Waals surface area contributed by atoms with Gasteiger partial charge in [0.25, 0.3) is 0 Å². The molecule has 1 saturated heterocycles. The Morgan fingerprint density at radius 3 is 2.79 bits per heavy atom. The molecule has 2 fully saturated rings. The van der Waals surface area contributed by atoms with Crippen molar-refractivity contribution in [3.63, 3.8) is 0 Å². The van der Waals surface area contributed by atoms with E-state index in [0.29, 0.717) is 37.9 Å². The van der Waals surface area contributed by atoms with Crippen molar-refractivity contribution in [2.24, 2.45) is 17.8 Å². The van der Waals surface area contributed by atoms with Crippen LogP contribution in [0.2, 0.25) is 0 Å². The highest BCUT2D eigenvalue weighted by molar-refractivity contribution is 5.89. The van der Waals surface area contributed by atoms with E-state index in [0.717, 1.165) is 19.3 Å². The molecular weight excluding hydrogens is 244 g/mol. The van der Waals surface area contributed by atoms with E-state index in [2.05, 4.69) is 5.32 Å². The van der Waals surface area contributed by atoms with E-state index in [-0.39, 0.29) is 24.3 Å². The molecule has 1 aliphatic carbocycles. The third-order valence-electron chi connectivity index (χ3n) is 4.56. The van der Waals surface area contributed by atoms with Gasteiger partial charge in [0.2, 0.25) is 11.8 Å². The van der Waals surface area contributed by atoms with E-state index in [1.165, 1.54) is 0 Å². The number of nitrogens with one attached hydrogen (secondary N) is 1. The van der Waals surface area contributed by atoms with Gasteiger partial charge in [-0.1, -0.05) is 6.42 Å². The summed E-state index contributed by atoms with van der Waals surface area (Å²) in [5.41, 5.74) is 0. The Morgan fingerprint density at radius 1 is 1.42 bits per heavy atom. The molecule has 2 N–H and O–H groups in total. The first-order valence-electron chi connectivity index (χ1n) is 7.32. The van der Waals surface area contributed by atoms with Crippen molar-refractivity contribution in [1.82, 2.24) is 10.2 Å². The van der Waals surface area contributed by atoms with Gasteiger partial charge in [-0.05, 0) is 31.6 Å². The maximum atomic E-state index is 12.1. The third kappa shape index (κ3) is 3.26. The number of rotatable bonds is 5.